The van der Waals surface area contributed by atoms with Crippen LogP contribution in [-0.2, 0) is 17.9 Å². The lowest BCUT2D eigenvalue weighted by molar-refractivity contribution is -0.119. The van der Waals surface area contributed by atoms with Crippen molar-refractivity contribution in [2.75, 3.05) is 5.32 Å². The van der Waals surface area contributed by atoms with Crippen LogP contribution in [0, 0.1) is 5.92 Å². The maximum absolute atomic E-state index is 12.9. The van der Waals surface area contributed by atoms with Gasteiger partial charge in [0, 0.05) is 41.5 Å². The molecule has 4 aromatic rings. The maximum atomic E-state index is 12.9. The molecule has 0 aliphatic heterocycles. The Morgan fingerprint density at radius 1 is 1.19 bits per heavy atom. The molecule has 7 nitrogen and oxygen atoms in total. The number of benzene rings is 1. The van der Waals surface area contributed by atoms with Crippen molar-refractivity contribution in [3.05, 3.63) is 59.3 Å². The van der Waals surface area contributed by atoms with Gasteiger partial charge in [-0.3, -0.25) is 14.9 Å². The number of carbonyl (C=O) groups is 2. The molecule has 0 bridgehead atoms. The van der Waals surface area contributed by atoms with Gasteiger partial charge in [0.15, 0.2) is 10.9 Å². The van der Waals surface area contributed by atoms with Crippen molar-refractivity contribution in [1.29, 1.82) is 0 Å². The third-order valence-electron chi connectivity index (χ3n) is 4.77. The Morgan fingerprint density at radius 3 is 2.81 bits per heavy atom. The molecule has 2 amide bonds. The van der Waals surface area contributed by atoms with Gasteiger partial charge >= 0.3 is 0 Å². The molecule has 0 saturated carbocycles. The van der Waals surface area contributed by atoms with Crippen molar-refractivity contribution < 1.29 is 14.0 Å². The van der Waals surface area contributed by atoms with Gasteiger partial charge in [0.25, 0.3) is 5.91 Å². The van der Waals surface area contributed by atoms with Crippen molar-refractivity contribution >= 4 is 39.2 Å². The van der Waals surface area contributed by atoms with Crippen molar-refractivity contribution in [1.82, 2.24) is 14.9 Å². The van der Waals surface area contributed by atoms with Crippen LogP contribution in [0.2, 0.25) is 0 Å². The highest BCUT2D eigenvalue weighted by molar-refractivity contribution is 7.14. The number of anilines is 1. The summed E-state index contributed by atoms with van der Waals surface area (Å²) in [6, 6.07) is 11.3. The lowest BCUT2D eigenvalue weighted by Crippen LogP contribution is -2.18. The fourth-order valence-electron chi connectivity index (χ4n) is 3.40. The number of hydrogen-bond acceptors (Lipinski definition) is 5. The quantitative estimate of drug-likeness (QED) is 0.431. The van der Waals surface area contributed by atoms with Crippen LogP contribution in [0.25, 0.3) is 22.4 Å². The molecule has 0 aliphatic carbocycles. The van der Waals surface area contributed by atoms with Crippen LogP contribution in [0.15, 0.2) is 52.4 Å². The predicted octanol–water partition coefficient (Wildman–Crippen LogP) is 4.90. The van der Waals surface area contributed by atoms with Crippen molar-refractivity contribution in [2.24, 2.45) is 5.92 Å². The van der Waals surface area contributed by atoms with Crippen LogP contribution in [0.5, 0.6) is 0 Å². The smallest absolute Gasteiger partial charge is 0.258 e. The lowest BCUT2D eigenvalue weighted by atomic mass is 10.1. The molecule has 160 valence electrons. The zero-order valence-electron chi connectivity index (χ0n) is 17.6. The average molecular weight is 437 g/mol. The molecule has 3 heterocycles. The molecule has 1 aromatic carbocycles. The van der Waals surface area contributed by atoms with Crippen molar-refractivity contribution in [3.8, 4) is 11.5 Å². The number of amides is 2. The Balaban J connectivity index is 1.50. The maximum Gasteiger partial charge on any atom is 0.258 e. The number of hydrogen-bond donors (Lipinski definition) is 2. The van der Waals surface area contributed by atoms with E-state index in [2.05, 4.69) is 34.0 Å². The highest BCUT2D eigenvalue weighted by Crippen LogP contribution is 2.28. The minimum atomic E-state index is -0.195. The average Bonchev–Trinajstić information content (AvgIpc) is 3.46. The van der Waals surface area contributed by atoms with Crippen molar-refractivity contribution in [3.63, 3.8) is 0 Å². The Hall–Kier alpha value is -3.39. The van der Waals surface area contributed by atoms with Gasteiger partial charge < -0.3 is 14.3 Å². The number of nitrogens with one attached hydrogen (secondary N) is 2. The van der Waals surface area contributed by atoms with Crippen LogP contribution in [-0.4, -0.2) is 21.4 Å². The van der Waals surface area contributed by atoms with Crippen LogP contribution in [0.4, 0.5) is 5.13 Å². The Bertz CT molecular complexity index is 1230. The molecule has 8 heteroatoms. The molecule has 3 aromatic heterocycles. The Labute approximate surface area is 184 Å². The standard InChI is InChI=1S/C23H24N4O3S/c1-14(2)12-27-10-9-17-18(5-4-6-20(17)27)22(29)26-23-25-19(13-31-23)21-8-7-16(30-21)11-24-15(3)28/h4-10,13-14H,11-12H2,1-3H3,(H,24,28)(H,25,26,29). The number of rotatable bonds is 7. The normalized spacial score (nSPS) is 11.2. The molecular weight excluding hydrogens is 412 g/mol. The molecule has 31 heavy (non-hydrogen) atoms. The third-order valence-corrected chi connectivity index (χ3v) is 5.53. The SMILES string of the molecule is CC(=O)NCc1ccc(-c2csc(NC(=O)c3cccc4c3ccn4CC(C)C)n2)o1. The predicted molar refractivity (Wildman–Crippen MR) is 122 cm³/mol. The topological polar surface area (TPSA) is 89.2 Å². The first-order chi connectivity index (χ1) is 14.9. The Kier molecular flexibility index (Phi) is 5.90. The number of aromatic nitrogens is 2. The summed E-state index contributed by atoms with van der Waals surface area (Å²) in [4.78, 5) is 28.5. The van der Waals surface area contributed by atoms with Crippen LogP contribution in [0.3, 0.4) is 0 Å². The lowest BCUT2D eigenvalue weighted by Gasteiger charge is -2.09. The zero-order chi connectivity index (χ0) is 22.0. The minimum Gasteiger partial charge on any atom is -0.458 e. The highest BCUT2D eigenvalue weighted by atomic mass is 32.1. The van der Waals surface area contributed by atoms with Crippen LogP contribution in [0.1, 0.15) is 36.9 Å². The molecule has 0 unspecified atom stereocenters. The van der Waals surface area contributed by atoms with E-state index in [4.69, 9.17) is 4.42 Å². The Morgan fingerprint density at radius 2 is 2.03 bits per heavy atom. The summed E-state index contributed by atoms with van der Waals surface area (Å²) in [5.74, 6) is 1.43. The largest absolute Gasteiger partial charge is 0.458 e. The summed E-state index contributed by atoms with van der Waals surface area (Å²) in [6.45, 7) is 7.02. The first-order valence-electron chi connectivity index (χ1n) is 10.1. The first-order valence-corrected chi connectivity index (χ1v) is 11.0. The number of nitrogens with zero attached hydrogens (tertiary/aromatic N) is 2. The fourth-order valence-corrected chi connectivity index (χ4v) is 4.10. The summed E-state index contributed by atoms with van der Waals surface area (Å²) in [7, 11) is 0. The van der Waals surface area contributed by atoms with E-state index in [0.29, 0.717) is 40.4 Å². The number of thiazole rings is 1. The summed E-state index contributed by atoms with van der Waals surface area (Å²) in [5.41, 5.74) is 2.30. The van der Waals surface area contributed by atoms with Gasteiger partial charge in [-0.25, -0.2) is 4.98 Å². The molecule has 0 fully saturated rings. The van der Waals surface area contributed by atoms with E-state index < -0.39 is 0 Å². The summed E-state index contributed by atoms with van der Waals surface area (Å²) >= 11 is 1.34. The second kappa shape index (κ2) is 8.77. The molecular formula is C23H24N4O3S. The monoisotopic (exact) mass is 436 g/mol. The van der Waals surface area contributed by atoms with E-state index >= 15 is 0 Å². The van der Waals surface area contributed by atoms with E-state index in [-0.39, 0.29) is 11.8 Å². The van der Waals surface area contributed by atoms with E-state index in [1.165, 1.54) is 18.3 Å². The second-order valence-corrected chi connectivity index (χ2v) is 8.63. The summed E-state index contributed by atoms with van der Waals surface area (Å²) < 4.78 is 7.90. The van der Waals surface area contributed by atoms with E-state index in [1.54, 1.807) is 12.1 Å². The van der Waals surface area contributed by atoms with Crippen molar-refractivity contribution in [2.45, 2.75) is 33.9 Å². The molecule has 0 radical (unpaired) electrons. The highest BCUT2D eigenvalue weighted by Gasteiger charge is 2.16. The van der Waals surface area contributed by atoms with Gasteiger partial charge in [0.05, 0.1) is 6.54 Å². The van der Waals surface area contributed by atoms with E-state index in [0.717, 1.165) is 17.4 Å². The van der Waals surface area contributed by atoms with E-state index in [1.807, 2.05) is 35.8 Å². The third kappa shape index (κ3) is 4.69. The number of fused-ring (bicyclic) bond motifs is 1. The van der Waals surface area contributed by atoms with Gasteiger partial charge in [-0.1, -0.05) is 19.9 Å². The molecule has 0 spiro atoms. The molecule has 0 saturated heterocycles. The number of furan rings is 1. The summed E-state index contributed by atoms with van der Waals surface area (Å²) in [6.07, 6.45) is 2.03. The minimum absolute atomic E-state index is 0.119. The summed E-state index contributed by atoms with van der Waals surface area (Å²) in [5, 5.41) is 8.84. The van der Waals surface area contributed by atoms with Gasteiger partial charge in [0.2, 0.25) is 5.91 Å². The van der Waals surface area contributed by atoms with Crippen LogP contribution < -0.4 is 10.6 Å². The molecule has 0 aliphatic rings. The van der Waals surface area contributed by atoms with Gasteiger partial charge in [-0.05, 0) is 36.2 Å². The first kappa shape index (κ1) is 20.9. The van der Waals surface area contributed by atoms with Gasteiger partial charge in [-0.2, -0.15) is 0 Å². The second-order valence-electron chi connectivity index (χ2n) is 7.77. The molecule has 0 atom stereocenters. The molecule has 4 rings (SSSR count). The van der Waals surface area contributed by atoms with Crippen LogP contribution >= 0.6 is 11.3 Å². The number of carbonyl (C=O) groups excluding carboxylic acids is 2. The fraction of sp³-hybridized carbons (Fsp3) is 0.261. The molecule has 2 N–H and O–H groups in total. The van der Waals surface area contributed by atoms with E-state index in [9.17, 15) is 9.59 Å². The zero-order valence-corrected chi connectivity index (χ0v) is 18.5. The van der Waals surface area contributed by atoms with Gasteiger partial charge in [0.1, 0.15) is 11.5 Å². The van der Waals surface area contributed by atoms with Gasteiger partial charge in [-0.15, -0.1) is 11.3 Å².